The van der Waals surface area contributed by atoms with Gasteiger partial charge in [-0.25, -0.2) is 13.4 Å². The Morgan fingerprint density at radius 2 is 1.86 bits per heavy atom. The van der Waals surface area contributed by atoms with Crippen molar-refractivity contribution in [3.63, 3.8) is 0 Å². The van der Waals surface area contributed by atoms with Crippen LogP contribution in [-0.4, -0.2) is 66.1 Å². The van der Waals surface area contributed by atoms with Gasteiger partial charge in [0.15, 0.2) is 0 Å². The lowest BCUT2D eigenvalue weighted by Crippen LogP contribution is -2.54. The largest absolute Gasteiger partial charge is 0.391 e. The first-order valence-corrected chi connectivity index (χ1v) is 11.4. The molecule has 1 aromatic heterocycles. The summed E-state index contributed by atoms with van der Waals surface area (Å²) in [6.07, 6.45) is 2.30. The van der Waals surface area contributed by atoms with Gasteiger partial charge in [0.25, 0.3) is 0 Å². The fourth-order valence-electron chi connectivity index (χ4n) is 3.94. The highest BCUT2D eigenvalue weighted by molar-refractivity contribution is 7.91. The lowest BCUT2D eigenvalue weighted by atomic mass is 9.99. The van der Waals surface area contributed by atoms with Crippen molar-refractivity contribution in [2.75, 3.05) is 29.5 Å². The van der Waals surface area contributed by atoms with Crippen LogP contribution in [0.3, 0.4) is 0 Å². The molecule has 4 rings (SSSR count). The number of hydrogen-bond acceptors (Lipinski definition) is 7. The standard InChI is InChI=1S/C19H24N4O4S/c24-15-9-14(21-19(25)13-5-7-28(26,27)8-6-13)11-23(12-15)18-10-20-16-3-1-2-4-17(16)22-18/h1-4,10,13-15,24H,5-9,11-12H2,(H,21,25)/t14-,15+/m0/s1. The van der Waals surface area contributed by atoms with Crippen LogP contribution >= 0.6 is 0 Å². The number of hydrogen-bond donors (Lipinski definition) is 2. The molecule has 2 N–H and O–H groups in total. The Balaban J connectivity index is 1.43. The first kappa shape index (κ1) is 19.1. The quantitative estimate of drug-likeness (QED) is 0.766. The summed E-state index contributed by atoms with van der Waals surface area (Å²) in [5.41, 5.74) is 1.59. The predicted octanol–water partition coefficient (Wildman–Crippen LogP) is 0.510. The molecule has 3 heterocycles. The second-order valence-electron chi connectivity index (χ2n) is 7.64. The number of aliphatic hydroxyl groups is 1. The van der Waals surface area contributed by atoms with E-state index >= 15 is 0 Å². The minimum atomic E-state index is -3.00. The molecule has 1 amide bonds. The number of rotatable bonds is 3. The first-order valence-electron chi connectivity index (χ1n) is 9.55. The number of carbonyl (C=O) groups excluding carboxylic acids is 1. The van der Waals surface area contributed by atoms with Crippen LogP contribution in [0.25, 0.3) is 11.0 Å². The van der Waals surface area contributed by atoms with Crippen LogP contribution in [0.4, 0.5) is 5.82 Å². The van der Waals surface area contributed by atoms with Gasteiger partial charge in [-0.05, 0) is 31.4 Å². The van der Waals surface area contributed by atoms with Crippen LogP contribution in [0.1, 0.15) is 19.3 Å². The van der Waals surface area contributed by atoms with E-state index in [4.69, 9.17) is 0 Å². The zero-order chi connectivity index (χ0) is 19.7. The molecule has 2 atom stereocenters. The maximum Gasteiger partial charge on any atom is 0.223 e. The summed E-state index contributed by atoms with van der Waals surface area (Å²) < 4.78 is 23.1. The van der Waals surface area contributed by atoms with E-state index in [0.717, 1.165) is 11.0 Å². The van der Waals surface area contributed by atoms with Crippen LogP contribution in [0.5, 0.6) is 0 Å². The lowest BCUT2D eigenvalue weighted by molar-refractivity contribution is -0.126. The third kappa shape index (κ3) is 4.25. The van der Waals surface area contributed by atoms with E-state index in [0.29, 0.717) is 38.2 Å². The molecule has 2 saturated heterocycles. The third-order valence-corrected chi connectivity index (χ3v) is 7.18. The van der Waals surface area contributed by atoms with E-state index in [1.54, 1.807) is 6.20 Å². The molecule has 0 unspecified atom stereocenters. The second-order valence-corrected chi connectivity index (χ2v) is 9.95. The fourth-order valence-corrected chi connectivity index (χ4v) is 5.43. The molecule has 9 heteroatoms. The summed E-state index contributed by atoms with van der Waals surface area (Å²) >= 11 is 0. The Morgan fingerprint density at radius 3 is 2.61 bits per heavy atom. The van der Waals surface area contributed by atoms with Crippen LogP contribution in [-0.2, 0) is 14.6 Å². The van der Waals surface area contributed by atoms with Gasteiger partial charge >= 0.3 is 0 Å². The number of benzene rings is 1. The van der Waals surface area contributed by atoms with Gasteiger partial charge < -0.3 is 15.3 Å². The zero-order valence-corrected chi connectivity index (χ0v) is 16.3. The normalized spacial score (nSPS) is 25.5. The molecule has 0 spiro atoms. The highest BCUT2D eigenvalue weighted by Crippen LogP contribution is 2.22. The number of piperidine rings is 1. The number of β-amino-alcohol motifs (C(OH)–C–C–N with tert-alkyl or cyclic N) is 1. The molecule has 8 nitrogen and oxygen atoms in total. The van der Waals surface area contributed by atoms with E-state index in [1.807, 2.05) is 29.2 Å². The molecular weight excluding hydrogens is 380 g/mol. The summed E-state index contributed by atoms with van der Waals surface area (Å²) in [5.74, 6) is 0.393. The van der Waals surface area contributed by atoms with Crippen LogP contribution in [0.2, 0.25) is 0 Å². The SMILES string of the molecule is O=C(N[C@H]1C[C@@H](O)CN(c2cnc3ccccc3n2)C1)C1CCS(=O)(=O)CC1. The smallest absolute Gasteiger partial charge is 0.223 e. The molecule has 2 fully saturated rings. The second kappa shape index (κ2) is 7.63. The van der Waals surface area contributed by atoms with Crippen molar-refractivity contribution in [2.45, 2.75) is 31.4 Å². The van der Waals surface area contributed by atoms with Crippen molar-refractivity contribution in [3.8, 4) is 0 Å². The van der Waals surface area contributed by atoms with Crippen molar-refractivity contribution in [2.24, 2.45) is 5.92 Å². The number of nitrogens with zero attached hydrogens (tertiary/aromatic N) is 3. The molecule has 2 aliphatic rings. The summed E-state index contributed by atoms with van der Waals surface area (Å²) in [5, 5.41) is 13.3. The Hall–Kier alpha value is -2.26. The molecule has 150 valence electrons. The molecular formula is C19H24N4O4S. The van der Waals surface area contributed by atoms with Gasteiger partial charge in [-0.1, -0.05) is 12.1 Å². The minimum Gasteiger partial charge on any atom is -0.391 e. The summed E-state index contributed by atoms with van der Waals surface area (Å²) in [4.78, 5) is 23.6. The number of carbonyl (C=O) groups is 1. The van der Waals surface area contributed by atoms with Gasteiger partial charge in [0.05, 0.1) is 34.8 Å². The van der Waals surface area contributed by atoms with Crippen LogP contribution < -0.4 is 10.2 Å². The van der Waals surface area contributed by atoms with Gasteiger partial charge in [-0.2, -0.15) is 0 Å². The predicted molar refractivity (Wildman–Crippen MR) is 106 cm³/mol. The number of para-hydroxylation sites is 2. The lowest BCUT2D eigenvalue weighted by Gasteiger charge is -2.37. The van der Waals surface area contributed by atoms with Gasteiger partial charge in [0.1, 0.15) is 15.7 Å². The number of aromatic nitrogens is 2. The average molecular weight is 404 g/mol. The Labute approximate surface area is 163 Å². The molecule has 0 saturated carbocycles. The Kier molecular flexibility index (Phi) is 5.20. The first-order chi connectivity index (χ1) is 13.4. The van der Waals surface area contributed by atoms with E-state index in [-0.39, 0.29) is 29.4 Å². The van der Waals surface area contributed by atoms with Gasteiger partial charge in [0, 0.05) is 25.0 Å². The summed E-state index contributed by atoms with van der Waals surface area (Å²) in [7, 11) is -3.00. The number of amides is 1. The van der Waals surface area contributed by atoms with Crippen molar-refractivity contribution < 1.29 is 18.3 Å². The maximum atomic E-state index is 12.6. The van der Waals surface area contributed by atoms with Crippen molar-refractivity contribution in [1.82, 2.24) is 15.3 Å². The maximum absolute atomic E-state index is 12.6. The van der Waals surface area contributed by atoms with Crippen molar-refractivity contribution >= 4 is 32.6 Å². The van der Waals surface area contributed by atoms with Crippen molar-refractivity contribution in [3.05, 3.63) is 30.5 Å². The molecule has 1 aromatic carbocycles. The van der Waals surface area contributed by atoms with E-state index < -0.39 is 15.9 Å². The number of aliphatic hydroxyl groups excluding tert-OH is 1. The van der Waals surface area contributed by atoms with E-state index in [2.05, 4.69) is 15.3 Å². The van der Waals surface area contributed by atoms with Gasteiger partial charge in [-0.15, -0.1) is 0 Å². The summed E-state index contributed by atoms with van der Waals surface area (Å²) in [6, 6.07) is 7.37. The van der Waals surface area contributed by atoms with Gasteiger partial charge in [0.2, 0.25) is 5.91 Å². The van der Waals surface area contributed by atoms with Gasteiger partial charge in [-0.3, -0.25) is 9.78 Å². The Bertz CT molecular complexity index is 967. The van der Waals surface area contributed by atoms with Crippen molar-refractivity contribution in [1.29, 1.82) is 0 Å². The topological polar surface area (TPSA) is 112 Å². The van der Waals surface area contributed by atoms with E-state index in [9.17, 15) is 18.3 Å². The number of sulfone groups is 1. The zero-order valence-electron chi connectivity index (χ0n) is 15.5. The molecule has 0 aliphatic carbocycles. The monoisotopic (exact) mass is 404 g/mol. The summed E-state index contributed by atoms with van der Waals surface area (Å²) in [6.45, 7) is 0.960. The molecule has 2 aliphatic heterocycles. The van der Waals surface area contributed by atoms with E-state index in [1.165, 1.54) is 0 Å². The molecule has 0 bridgehead atoms. The number of nitrogens with one attached hydrogen (secondary N) is 1. The third-order valence-electron chi connectivity index (χ3n) is 5.46. The molecule has 0 radical (unpaired) electrons. The molecule has 28 heavy (non-hydrogen) atoms. The van der Waals surface area contributed by atoms with Crippen LogP contribution in [0.15, 0.2) is 30.5 Å². The number of fused-ring (bicyclic) bond motifs is 1. The van der Waals surface area contributed by atoms with Crippen LogP contribution in [0, 0.1) is 5.92 Å². The fraction of sp³-hybridized carbons (Fsp3) is 0.526. The minimum absolute atomic E-state index is 0.0666. The Morgan fingerprint density at radius 1 is 1.14 bits per heavy atom. The highest BCUT2D eigenvalue weighted by atomic mass is 32.2. The average Bonchev–Trinajstić information content (AvgIpc) is 2.67. The number of anilines is 1. The molecule has 2 aromatic rings. The highest BCUT2D eigenvalue weighted by Gasteiger charge is 2.32.